The summed E-state index contributed by atoms with van der Waals surface area (Å²) in [6.07, 6.45) is 1.50. The molecule has 0 unspecified atom stereocenters. The van der Waals surface area contributed by atoms with Gasteiger partial charge in [-0.1, -0.05) is 36.4 Å². The van der Waals surface area contributed by atoms with Crippen molar-refractivity contribution in [2.24, 2.45) is 0 Å². The molecule has 180 valence electrons. The zero-order chi connectivity index (χ0) is 25.3. The first kappa shape index (κ1) is 23.6. The summed E-state index contributed by atoms with van der Waals surface area (Å²) in [6.45, 7) is 3.79. The fourth-order valence-electron chi connectivity index (χ4n) is 3.86. The van der Waals surface area contributed by atoms with Crippen molar-refractivity contribution in [3.05, 3.63) is 90.3 Å². The number of benzene rings is 3. The summed E-state index contributed by atoms with van der Waals surface area (Å²) in [5.41, 5.74) is 5.00. The molecule has 5 rings (SSSR count). The molecule has 0 spiro atoms. The van der Waals surface area contributed by atoms with E-state index in [2.05, 4.69) is 25.3 Å². The van der Waals surface area contributed by atoms with Gasteiger partial charge in [-0.3, -0.25) is 0 Å². The topological polar surface area (TPSA) is 109 Å². The van der Waals surface area contributed by atoms with Crippen LogP contribution in [-0.2, 0) is 10.0 Å². The highest BCUT2D eigenvalue weighted by atomic mass is 32.2. The van der Waals surface area contributed by atoms with Crippen molar-refractivity contribution in [1.29, 1.82) is 0 Å². The van der Waals surface area contributed by atoms with Gasteiger partial charge in [0.2, 0.25) is 5.95 Å². The molecule has 0 amide bonds. The minimum Gasteiger partial charge on any atom is -0.332 e. The van der Waals surface area contributed by atoms with Gasteiger partial charge in [0, 0.05) is 28.4 Å². The Hall–Kier alpha value is -4.15. The predicted molar refractivity (Wildman–Crippen MR) is 148 cm³/mol. The highest BCUT2D eigenvalue weighted by Crippen LogP contribution is 2.32. The van der Waals surface area contributed by atoms with E-state index in [0.717, 1.165) is 33.1 Å². The predicted octanol–water partition coefficient (Wildman–Crippen LogP) is 5.40. The van der Waals surface area contributed by atoms with E-state index in [1.165, 1.54) is 18.3 Å². The number of aromatic nitrogens is 3. The molecule has 0 aliphatic carbocycles. The Labute approximate surface area is 213 Å². The van der Waals surface area contributed by atoms with Gasteiger partial charge in [-0.05, 0) is 68.0 Å². The average Bonchev–Trinajstić information content (AvgIpc) is 2.85. The van der Waals surface area contributed by atoms with Gasteiger partial charge in [0.15, 0.2) is 5.11 Å². The number of hydrogen-bond donors (Lipinski definition) is 3. The van der Waals surface area contributed by atoms with Crippen LogP contribution in [0.2, 0.25) is 0 Å². The number of anilines is 3. The molecule has 0 bridgehead atoms. The minimum absolute atomic E-state index is 0.0228. The summed E-state index contributed by atoms with van der Waals surface area (Å²) in [6, 6.07) is 21.9. The van der Waals surface area contributed by atoms with Gasteiger partial charge in [-0.2, -0.15) is 0 Å². The molecule has 0 radical (unpaired) electrons. The maximum Gasteiger partial charge on any atom is 0.264 e. The Bertz CT molecular complexity index is 1720. The summed E-state index contributed by atoms with van der Waals surface area (Å²) in [7, 11) is -3.83. The van der Waals surface area contributed by atoms with Crippen molar-refractivity contribution in [3.8, 4) is 0 Å². The second kappa shape index (κ2) is 9.48. The minimum atomic E-state index is -3.83. The van der Waals surface area contributed by atoms with Gasteiger partial charge < -0.3 is 10.6 Å². The molecule has 3 N–H and O–H groups in total. The largest absolute Gasteiger partial charge is 0.332 e. The second-order valence-corrected chi connectivity index (χ2v) is 10.3. The maximum absolute atomic E-state index is 12.7. The average molecular weight is 515 g/mol. The molecule has 0 fully saturated rings. The Morgan fingerprint density at radius 3 is 2.36 bits per heavy atom. The van der Waals surface area contributed by atoms with Gasteiger partial charge >= 0.3 is 0 Å². The van der Waals surface area contributed by atoms with E-state index in [-0.39, 0.29) is 10.8 Å². The highest BCUT2D eigenvalue weighted by Gasteiger charge is 2.16. The molecule has 2 aromatic heterocycles. The van der Waals surface area contributed by atoms with Crippen LogP contribution in [0.1, 0.15) is 11.3 Å². The van der Waals surface area contributed by atoms with Crippen LogP contribution in [0.5, 0.6) is 0 Å². The lowest BCUT2D eigenvalue weighted by Gasteiger charge is -2.16. The Balaban J connectivity index is 1.37. The number of sulfonamides is 1. The first-order valence-corrected chi connectivity index (χ1v) is 13.0. The van der Waals surface area contributed by atoms with E-state index in [4.69, 9.17) is 17.2 Å². The summed E-state index contributed by atoms with van der Waals surface area (Å²) in [5, 5.41) is 8.73. The van der Waals surface area contributed by atoms with Crippen molar-refractivity contribution >= 4 is 66.5 Å². The maximum atomic E-state index is 12.7. The number of nitrogens with one attached hydrogen (secondary N) is 3. The molecular weight excluding hydrogens is 492 g/mol. The van der Waals surface area contributed by atoms with Crippen LogP contribution >= 0.6 is 12.2 Å². The van der Waals surface area contributed by atoms with E-state index in [0.29, 0.717) is 16.5 Å². The number of para-hydroxylation sites is 2. The van der Waals surface area contributed by atoms with E-state index in [1.54, 1.807) is 25.1 Å². The zero-order valence-electron chi connectivity index (χ0n) is 19.5. The third kappa shape index (κ3) is 4.81. The molecule has 2 heterocycles. The lowest BCUT2D eigenvalue weighted by Crippen LogP contribution is -2.20. The van der Waals surface area contributed by atoms with E-state index in [1.807, 2.05) is 49.4 Å². The first-order chi connectivity index (χ1) is 17.3. The van der Waals surface area contributed by atoms with Crippen LogP contribution in [-0.4, -0.2) is 28.5 Å². The highest BCUT2D eigenvalue weighted by molar-refractivity contribution is 7.92. The zero-order valence-corrected chi connectivity index (χ0v) is 21.1. The first-order valence-electron chi connectivity index (χ1n) is 11.1. The van der Waals surface area contributed by atoms with E-state index < -0.39 is 10.0 Å². The Morgan fingerprint density at radius 2 is 1.58 bits per heavy atom. The molecule has 0 atom stereocenters. The normalized spacial score (nSPS) is 11.4. The molecule has 0 aliphatic rings. The fourth-order valence-corrected chi connectivity index (χ4v) is 5.03. The standard InChI is InChI=1S/C26H22N6O2S2/c1-16-6-5-8-21-23(16)30-22-9-4-3-7-20(22)24(21)31-26(35)29-18-10-12-19(13-11-18)36(33,34)32-25-27-15-14-17(2)28-25/h3-15H,1-2H3,(H,27,28,32)(H2,29,30,31,35). The van der Waals surface area contributed by atoms with Crippen LogP contribution in [0.25, 0.3) is 21.8 Å². The third-order valence-corrected chi connectivity index (χ3v) is 7.14. The number of thiocarbonyl (C=S) groups is 1. The Morgan fingerprint density at radius 1 is 0.833 bits per heavy atom. The quantitative estimate of drug-likeness (QED) is 0.211. The molecule has 0 saturated heterocycles. The molecule has 10 heteroatoms. The summed E-state index contributed by atoms with van der Waals surface area (Å²) >= 11 is 5.59. The van der Waals surface area contributed by atoms with E-state index >= 15 is 0 Å². The van der Waals surface area contributed by atoms with Gasteiger partial charge in [-0.25, -0.2) is 28.1 Å². The molecule has 0 aliphatic heterocycles. The number of rotatable bonds is 5. The molecule has 36 heavy (non-hydrogen) atoms. The summed E-state index contributed by atoms with van der Waals surface area (Å²) in [5.74, 6) is 0.0228. The van der Waals surface area contributed by atoms with Gasteiger partial charge in [0.1, 0.15) is 0 Å². The van der Waals surface area contributed by atoms with Gasteiger partial charge in [0.05, 0.1) is 21.6 Å². The lowest BCUT2D eigenvalue weighted by molar-refractivity contribution is 0.601. The number of nitrogens with zero attached hydrogens (tertiary/aromatic N) is 3. The molecular formula is C26H22N6O2S2. The molecule has 0 saturated carbocycles. The van der Waals surface area contributed by atoms with Crippen LogP contribution in [0.4, 0.5) is 17.3 Å². The Kier molecular flexibility index (Phi) is 6.21. The van der Waals surface area contributed by atoms with E-state index in [9.17, 15) is 8.42 Å². The van der Waals surface area contributed by atoms with Crippen molar-refractivity contribution in [3.63, 3.8) is 0 Å². The smallest absolute Gasteiger partial charge is 0.264 e. The second-order valence-electron chi connectivity index (χ2n) is 8.21. The SMILES string of the molecule is Cc1ccnc(NS(=O)(=O)c2ccc(NC(=S)Nc3c4ccccc4nc4c(C)cccc34)cc2)n1. The number of hydrogen-bond acceptors (Lipinski definition) is 6. The van der Waals surface area contributed by atoms with Crippen molar-refractivity contribution in [2.75, 3.05) is 15.4 Å². The monoisotopic (exact) mass is 514 g/mol. The van der Waals surface area contributed by atoms with Gasteiger partial charge in [0.25, 0.3) is 10.0 Å². The van der Waals surface area contributed by atoms with Crippen LogP contribution < -0.4 is 15.4 Å². The molecule has 5 aromatic rings. The van der Waals surface area contributed by atoms with Crippen molar-refractivity contribution in [1.82, 2.24) is 15.0 Å². The summed E-state index contributed by atoms with van der Waals surface area (Å²) < 4.78 is 27.8. The lowest BCUT2D eigenvalue weighted by atomic mass is 10.1. The van der Waals surface area contributed by atoms with Crippen LogP contribution in [0.3, 0.4) is 0 Å². The third-order valence-electron chi connectivity index (χ3n) is 5.59. The fraction of sp³-hybridized carbons (Fsp3) is 0.0769. The molecule has 3 aromatic carbocycles. The van der Waals surface area contributed by atoms with Crippen LogP contribution in [0, 0.1) is 13.8 Å². The van der Waals surface area contributed by atoms with Gasteiger partial charge in [-0.15, -0.1) is 0 Å². The number of fused-ring (bicyclic) bond motifs is 2. The van der Waals surface area contributed by atoms with Crippen molar-refractivity contribution < 1.29 is 8.42 Å². The van der Waals surface area contributed by atoms with Crippen molar-refractivity contribution in [2.45, 2.75) is 18.7 Å². The van der Waals surface area contributed by atoms with Crippen LogP contribution in [0.15, 0.2) is 83.9 Å². The summed E-state index contributed by atoms with van der Waals surface area (Å²) in [4.78, 5) is 12.9. The number of aryl methyl sites for hydroxylation is 2. The molecule has 8 nitrogen and oxygen atoms in total. The number of pyridine rings is 1.